The predicted octanol–water partition coefficient (Wildman–Crippen LogP) is 3.42. The van der Waals surface area contributed by atoms with Crippen LogP contribution in [0.5, 0.6) is 0 Å². The normalized spacial score (nSPS) is 27.2. The highest BCUT2D eigenvalue weighted by atomic mass is 16.7. The molecule has 1 amide bonds. The molecule has 1 aromatic heterocycles. The lowest BCUT2D eigenvalue weighted by molar-refractivity contribution is 0.00578. The number of hydrogen-bond acceptors (Lipinski definition) is 4. The van der Waals surface area contributed by atoms with E-state index in [2.05, 4.69) is 9.88 Å². The van der Waals surface area contributed by atoms with Gasteiger partial charge in [0.25, 0.3) is 5.91 Å². The maximum Gasteiger partial charge on any atom is 0.494 e. The van der Waals surface area contributed by atoms with E-state index in [4.69, 9.17) is 18.4 Å². The summed E-state index contributed by atoms with van der Waals surface area (Å²) in [5.74, 6) is 0.482. The molecule has 3 aromatic rings. The number of amides is 1. The van der Waals surface area contributed by atoms with Crippen molar-refractivity contribution in [3.63, 3.8) is 0 Å². The summed E-state index contributed by atoms with van der Waals surface area (Å²) in [6.45, 7) is 5.74. The summed E-state index contributed by atoms with van der Waals surface area (Å²) in [5.41, 5.74) is 2.80. The van der Waals surface area contributed by atoms with Crippen molar-refractivity contribution in [3.05, 3.63) is 58.9 Å². The van der Waals surface area contributed by atoms with Gasteiger partial charge in [-0.1, -0.05) is 18.2 Å². The summed E-state index contributed by atoms with van der Waals surface area (Å²) in [4.78, 5) is 17.8. The van der Waals surface area contributed by atoms with E-state index >= 15 is 0 Å². The quantitative estimate of drug-likeness (QED) is 0.616. The average molecular weight is 418 g/mol. The van der Waals surface area contributed by atoms with E-state index in [9.17, 15) is 4.79 Å². The number of aryl methyl sites for hydroxylation is 1. The van der Waals surface area contributed by atoms with Crippen molar-refractivity contribution in [2.75, 3.05) is 0 Å². The Bertz CT molecular complexity index is 1350. The van der Waals surface area contributed by atoms with Crippen molar-refractivity contribution < 1.29 is 18.2 Å². The van der Waals surface area contributed by atoms with E-state index in [0.717, 1.165) is 22.3 Å². The fourth-order valence-corrected chi connectivity index (χ4v) is 4.99. The van der Waals surface area contributed by atoms with Crippen LogP contribution in [-0.4, -0.2) is 33.8 Å². The molecule has 0 radical (unpaired) electrons. The molecule has 1 fully saturated rings. The van der Waals surface area contributed by atoms with Crippen LogP contribution >= 0.6 is 0 Å². The number of benzene rings is 2. The molecule has 6 nitrogen and oxygen atoms in total. The molecule has 2 unspecified atom stereocenters. The molecule has 31 heavy (non-hydrogen) atoms. The number of fused-ring (bicyclic) bond motifs is 9. The zero-order valence-electron chi connectivity index (χ0n) is 21.0. The van der Waals surface area contributed by atoms with E-state index in [0.29, 0.717) is 17.5 Å². The average Bonchev–Trinajstić information content (AvgIpc) is 3.31. The third-order valence-corrected chi connectivity index (χ3v) is 7.34. The molecule has 0 aliphatic carbocycles. The first-order valence-electron chi connectivity index (χ1n) is 12.2. The van der Waals surface area contributed by atoms with Crippen LogP contribution < -0.4 is 10.8 Å². The fourth-order valence-electron chi connectivity index (χ4n) is 4.99. The Morgan fingerprint density at radius 3 is 2.71 bits per heavy atom. The van der Waals surface area contributed by atoms with E-state index < -0.39 is 25.2 Å². The molecule has 1 saturated heterocycles. The van der Waals surface area contributed by atoms with Gasteiger partial charge in [-0.2, -0.15) is 0 Å². The largest absolute Gasteiger partial charge is 0.494 e. The molecule has 3 aliphatic heterocycles. The van der Waals surface area contributed by atoms with Crippen LogP contribution in [0.1, 0.15) is 77.6 Å². The van der Waals surface area contributed by atoms with Crippen molar-refractivity contribution in [1.29, 1.82) is 0 Å². The smallest absolute Gasteiger partial charge is 0.399 e. The van der Waals surface area contributed by atoms with E-state index in [-0.39, 0.29) is 23.6 Å². The monoisotopic (exact) mass is 418 g/mol. The number of rotatable bonds is 1. The number of carbonyl (C=O) groups is 1. The maximum absolute atomic E-state index is 13.0. The standard InChI is InChI=1S/C24H26BN3O3/c1-13-7-6-8-15-20(13)19-12-17(27-22(15)29)21-26-16-10-9-14(11-18(16)28(19)21)25-30-23(2,3)24(4,5)31-25/h6-11,17,19H,12H2,1-5H3,(H,27,29)/i1D3. The van der Waals surface area contributed by atoms with Gasteiger partial charge in [-0.25, -0.2) is 4.98 Å². The predicted molar refractivity (Wildman–Crippen MR) is 120 cm³/mol. The van der Waals surface area contributed by atoms with Gasteiger partial charge in [-0.15, -0.1) is 0 Å². The maximum atomic E-state index is 13.0. The molecule has 0 spiro atoms. The number of nitrogens with one attached hydrogen (secondary N) is 1. The Hall–Kier alpha value is -2.64. The van der Waals surface area contributed by atoms with Crippen LogP contribution in [-0.2, 0) is 9.31 Å². The summed E-state index contributed by atoms with van der Waals surface area (Å²) < 4.78 is 38.9. The number of nitrogens with zero attached hydrogens (tertiary/aromatic N) is 2. The lowest BCUT2D eigenvalue weighted by Crippen LogP contribution is -2.41. The van der Waals surface area contributed by atoms with E-state index in [1.165, 1.54) is 0 Å². The lowest BCUT2D eigenvalue weighted by Gasteiger charge is -2.32. The van der Waals surface area contributed by atoms with Crippen LogP contribution in [0, 0.1) is 6.85 Å². The second-order valence-corrected chi connectivity index (χ2v) is 9.72. The second kappa shape index (κ2) is 5.99. The summed E-state index contributed by atoms with van der Waals surface area (Å²) in [5, 5.41) is 3.06. The minimum Gasteiger partial charge on any atom is -0.399 e. The van der Waals surface area contributed by atoms with Gasteiger partial charge >= 0.3 is 7.12 Å². The molecule has 7 heteroatoms. The van der Waals surface area contributed by atoms with Crippen molar-refractivity contribution in [1.82, 2.24) is 14.9 Å². The highest BCUT2D eigenvalue weighted by Crippen LogP contribution is 2.45. The Labute approximate surface area is 186 Å². The molecule has 2 bridgehead atoms. The summed E-state index contributed by atoms with van der Waals surface area (Å²) in [6, 6.07) is 10.3. The van der Waals surface area contributed by atoms with Gasteiger partial charge in [-0.05, 0) is 75.8 Å². The fraction of sp³-hybridized carbons (Fsp3) is 0.417. The van der Waals surface area contributed by atoms with Gasteiger partial charge in [0.05, 0.1) is 34.3 Å². The van der Waals surface area contributed by atoms with Crippen molar-refractivity contribution in [2.24, 2.45) is 0 Å². The first-order valence-corrected chi connectivity index (χ1v) is 10.7. The number of aromatic nitrogens is 2. The highest BCUT2D eigenvalue weighted by Gasteiger charge is 2.52. The molecular formula is C24H26BN3O3. The number of hydrogen-bond donors (Lipinski definition) is 1. The van der Waals surface area contributed by atoms with Gasteiger partial charge in [-0.3, -0.25) is 4.79 Å². The van der Waals surface area contributed by atoms with Crippen molar-refractivity contribution in [3.8, 4) is 0 Å². The summed E-state index contributed by atoms with van der Waals surface area (Å²) in [7, 11) is -0.519. The molecule has 2 atom stereocenters. The minimum absolute atomic E-state index is 0.211. The molecule has 2 aromatic carbocycles. The molecule has 0 saturated carbocycles. The Balaban J connectivity index is 1.53. The second-order valence-electron chi connectivity index (χ2n) is 9.72. The molecular weight excluding hydrogens is 389 g/mol. The molecule has 158 valence electrons. The minimum atomic E-state index is -2.33. The van der Waals surface area contributed by atoms with Gasteiger partial charge in [0.15, 0.2) is 0 Å². The highest BCUT2D eigenvalue weighted by molar-refractivity contribution is 6.62. The van der Waals surface area contributed by atoms with Gasteiger partial charge in [0.2, 0.25) is 0 Å². The van der Waals surface area contributed by atoms with E-state index in [1.54, 1.807) is 18.2 Å². The van der Waals surface area contributed by atoms with Crippen LogP contribution in [0.4, 0.5) is 0 Å². The van der Waals surface area contributed by atoms with Gasteiger partial charge in [0.1, 0.15) is 5.82 Å². The third-order valence-electron chi connectivity index (χ3n) is 7.34. The zero-order valence-corrected chi connectivity index (χ0v) is 18.0. The SMILES string of the molecule is [2H]C([2H])([2H])c1cccc2c1C1CC(NC2=O)c2nc3ccc(B4OC(C)(C)C(C)(C)O4)cc3n21. The summed E-state index contributed by atoms with van der Waals surface area (Å²) >= 11 is 0. The zero-order chi connectivity index (χ0) is 24.2. The van der Waals surface area contributed by atoms with Gasteiger partial charge < -0.3 is 19.2 Å². The Morgan fingerprint density at radius 1 is 1.19 bits per heavy atom. The van der Waals surface area contributed by atoms with Crippen LogP contribution in [0.2, 0.25) is 0 Å². The number of carbonyl (C=O) groups excluding carboxylic acids is 1. The Morgan fingerprint density at radius 2 is 1.97 bits per heavy atom. The van der Waals surface area contributed by atoms with Crippen LogP contribution in [0.25, 0.3) is 11.0 Å². The van der Waals surface area contributed by atoms with E-state index in [1.807, 2.05) is 45.9 Å². The van der Waals surface area contributed by atoms with Crippen molar-refractivity contribution >= 4 is 29.5 Å². The molecule has 6 rings (SSSR count). The van der Waals surface area contributed by atoms with Crippen LogP contribution in [0.3, 0.4) is 0 Å². The molecule has 3 aliphatic rings. The first kappa shape index (κ1) is 16.1. The Kier molecular flexibility index (Phi) is 3.10. The first-order chi connectivity index (χ1) is 15.9. The van der Waals surface area contributed by atoms with Gasteiger partial charge in [0, 0.05) is 9.68 Å². The van der Waals surface area contributed by atoms with Crippen LogP contribution in [0.15, 0.2) is 36.4 Å². The molecule has 1 N–H and O–H groups in total. The lowest BCUT2D eigenvalue weighted by atomic mass is 9.79. The third kappa shape index (κ3) is 2.53. The van der Waals surface area contributed by atoms with Crippen molar-refractivity contribution in [2.45, 2.75) is 64.3 Å². The summed E-state index contributed by atoms with van der Waals surface area (Å²) in [6.07, 6.45) is 0.560. The molecule has 4 heterocycles. The topological polar surface area (TPSA) is 65.4 Å². The number of imidazole rings is 1.